The van der Waals surface area contributed by atoms with Crippen LogP contribution < -0.4 is 0 Å². The van der Waals surface area contributed by atoms with Gasteiger partial charge in [-0.2, -0.15) is 5.26 Å². The Labute approximate surface area is 355 Å². The lowest BCUT2D eigenvalue weighted by Gasteiger charge is -2.22. The van der Waals surface area contributed by atoms with Gasteiger partial charge in [0, 0.05) is 45.0 Å². The summed E-state index contributed by atoms with van der Waals surface area (Å²) in [5, 5.41) is 9.83. The Bertz CT molecular complexity index is 3200. The summed E-state index contributed by atoms with van der Waals surface area (Å²) in [7, 11) is 0. The third-order valence-electron chi connectivity index (χ3n) is 11.8. The minimum atomic E-state index is -0.424. The molecule has 0 saturated heterocycles. The van der Waals surface area contributed by atoms with Crippen LogP contribution in [-0.4, -0.2) is 15.0 Å². The second kappa shape index (κ2) is 15.2. The number of nitrogens with zero attached hydrogens (tertiary/aromatic N) is 5. The summed E-state index contributed by atoms with van der Waals surface area (Å²) in [6.45, 7) is 12.3. The van der Waals surface area contributed by atoms with Crippen molar-refractivity contribution in [3.8, 4) is 95.7 Å². The van der Waals surface area contributed by atoms with Gasteiger partial charge in [0.05, 0.1) is 29.7 Å². The predicted molar refractivity (Wildman–Crippen MR) is 246 cm³/mol. The van der Waals surface area contributed by atoms with Crippen LogP contribution in [0.15, 0.2) is 188 Å². The van der Waals surface area contributed by atoms with Crippen molar-refractivity contribution in [2.45, 2.75) is 19.3 Å². The molecule has 0 bridgehead atoms. The summed E-state index contributed by atoms with van der Waals surface area (Å²) >= 11 is 0. The first kappa shape index (κ1) is 37.0. The Morgan fingerprint density at radius 2 is 1.02 bits per heavy atom. The van der Waals surface area contributed by atoms with Crippen LogP contribution in [0.25, 0.3) is 94.5 Å². The molecule has 61 heavy (non-hydrogen) atoms. The Hall–Kier alpha value is -8.25. The van der Waals surface area contributed by atoms with Crippen molar-refractivity contribution in [2.24, 2.45) is 0 Å². The van der Waals surface area contributed by atoms with E-state index >= 15 is 0 Å². The fraction of sp³-hybridized carbons (Fsp3) is 0.0536. The first-order valence-electron chi connectivity index (χ1n) is 20.3. The van der Waals surface area contributed by atoms with Crippen LogP contribution in [0.5, 0.6) is 0 Å². The molecule has 0 N–H and O–H groups in total. The van der Waals surface area contributed by atoms with Gasteiger partial charge in [-0.25, -0.2) is 14.8 Å². The van der Waals surface area contributed by atoms with Gasteiger partial charge in [0.2, 0.25) is 0 Å². The molecule has 0 amide bonds. The number of pyridine rings is 1. The molecular formula is C56H37N5. The van der Waals surface area contributed by atoms with E-state index in [1.54, 1.807) is 6.07 Å². The van der Waals surface area contributed by atoms with Crippen LogP contribution in [0.1, 0.15) is 30.5 Å². The largest absolute Gasteiger partial charge is 0.256 e. The Kier molecular flexibility index (Phi) is 9.21. The molecule has 10 rings (SSSR count). The Morgan fingerprint density at radius 3 is 1.66 bits per heavy atom. The van der Waals surface area contributed by atoms with Crippen molar-refractivity contribution >= 4 is 5.69 Å². The quantitative estimate of drug-likeness (QED) is 0.151. The van der Waals surface area contributed by atoms with E-state index in [0.717, 1.165) is 95.0 Å². The molecule has 0 radical (unpaired) electrons. The highest BCUT2D eigenvalue weighted by atomic mass is 14.9. The molecule has 5 nitrogen and oxygen atoms in total. The number of benzene rings is 7. The molecule has 0 spiro atoms. The minimum absolute atomic E-state index is 0.424. The third kappa shape index (κ3) is 6.85. The van der Waals surface area contributed by atoms with E-state index in [9.17, 15) is 5.26 Å². The number of aromatic nitrogens is 3. The van der Waals surface area contributed by atoms with Gasteiger partial charge in [-0.3, -0.25) is 4.98 Å². The lowest BCUT2D eigenvalue weighted by Crippen LogP contribution is -2.15. The van der Waals surface area contributed by atoms with Crippen molar-refractivity contribution in [2.75, 3.05) is 0 Å². The second-order valence-electron chi connectivity index (χ2n) is 15.9. The number of hydrogen-bond donors (Lipinski definition) is 0. The molecule has 0 fully saturated rings. The van der Waals surface area contributed by atoms with Crippen molar-refractivity contribution in [1.29, 1.82) is 5.26 Å². The molecule has 0 atom stereocenters. The maximum atomic E-state index is 9.83. The Morgan fingerprint density at radius 1 is 0.475 bits per heavy atom. The van der Waals surface area contributed by atoms with Crippen LogP contribution >= 0.6 is 0 Å². The van der Waals surface area contributed by atoms with Gasteiger partial charge in [-0.15, -0.1) is 0 Å². The van der Waals surface area contributed by atoms with Gasteiger partial charge in [-0.05, 0) is 98.6 Å². The zero-order chi connectivity index (χ0) is 41.5. The summed E-state index contributed by atoms with van der Waals surface area (Å²) in [5.41, 5.74) is 17.5. The molecule has 9 aromatic rings. The monoisotopic (exact) mass is 779 g/mol. The van der Waals surface area contributed by atoms with E-state index in [0.29, 0.717) is 17.1 Å². The van der Waals surface area contributed by atoms with Gasteiger partial charge in [0.25, 0.3) is 0 Å². The highest BCUT2D eigenvalue weighted by molar-refractivity contribution is 5.93. The Balaban J connectivity index is 1.14. The highest BCUT2D eigenvalue weighted by Crippen LogP contribution is 2.53. The first-order chi connectivity index (χ1) is 29.9. The van der Waals surface area contributed by atoms with E-state index in [1.807, 2.05) is 66.9 Å². The summed E-state index contributed by atoms with van der Waals surface area (Å²) in [4.78, 5) is 19.2. The van der Waals surface area contributed by atoms with Gasteiger partial charge in [0.1, 0.15) is 0 Å². The molecule has 0 unspecified atom stereocenters. The molecule has 2 aromatic heterocycles. The fourth-order valence-electron chi connectivity index (χ4n) is 8.54. The standard InChI is InChI=1S/C56H37N5/c1-56(2)48-32-42(23-25-47(48)54-49(56)27-36(34-57)28-53(54)58-3)44-29-45(43-24-26-50(59-35-43)39-15-9-5-10-16-39)31-46(30-44)52-33-51(60-55(61-52)41-17-11-6-12-18-41)40-21-19-38(20-22-40)37-13-7-4-8-14-37/h4-33,35H,1-2H3. The third-order valence-corrected chi connectivity index (χ3v) is 11.8. The van der Waals surface area contributed by atoms with Crippen molar-refractivity contribution in [3.05, 3.63) is 216 Å². The molecular weight excluding hydrogens is 743 g/mol. The molecule has 0 saturated carbocycles. The summed E-state index contributed by atoms with van der Waals surface area (Å²) in [6, 6.07) is 64.7. The SMILES string of the molecule is [C-]#[N+]c1cc(C#N)cc2c1-c1ccc(-c3cc(-c4ccc(-c5ccccc5)nc4)cc(-c4cc(-c5ccc(-c6ccccc6)cc5)nc(-c5ccccc5)n4)c3)cc1C2(C)C. The van der Waals surface area contributed by atoms with Gasteiger partial charge < -0.3 is 0 Å². The summed E-state index contributed by atoms with van der Waals surface area (Å²) in [5.74, 6) is 0.644. The van der Waals surface area contributed by atoms with E-state index in [2.05, 4.69) is 140 Å². The van der Waals surface area contributed by atoms with Gasteiger partial charge >= 0.3 is 0 Å². The molecule has 7 aromatic carbocycles. The smallest absolute Gasteiger partial charge is 0.196 e. The maximum absolute atomic E-state index is 9.83. The molecule has 1 aliphatic carbocycles. The number of fused-ring (bicyclic) bond motifs is 3. The average molecular weight is 780 g/mol. The molecule has 2 heterocycles. The van der Waals surface area contributed by atoms with Gasteiger partial charge in [-0.1, -0.05) is 147 Å². The number of hydrogen-bond acceptors (Lipinski definition) is 4. The van der Waals surface area contributed by atoms with Crippen LogP contribution in [-0.2, 0) is 5.41 Å². The zero-order valence-electron chi connectivity index (χ0n) is 33.6. The van der Waals surface area contributed by atoms with E-state index in [1.165, 1.54) is 0 Å². The van der Waals surface area contributed by atoms with Crippen LogP contribution in [0, 0.1) is 17.9 Å². The van der Waals surface area contributed by atoms with E-state index < -0.39 is 5.41 Å². The normalized spacial score (nSPS) is 12.2. The van der Waals surface area contributed by atoms with Crippen molar-refractivity contribution in [1.82, 2.24) is 15.0 Å². The first-order valence-corrected chi connectivity index (χ1v) is 20.3. The maximum Gasteiger partial charge on any atom is 0.196 e. The highest BCUT2D eigenvalue weighted by Gasteiger charge is 2.37. The van der Waals surface area contributed by atoms with Crippen molar-refractivity contribution in [3.63, 3.8) is 0 Å². The lowest BCUT2D eigenvalue weighted by molar-refractivity contribution is 0.660. The number of rotatable bonds is 7. The zero-order valence-corrected chi connectivity index (χ0v) is 33.6. The van der Waals surface area contributed by atoms with Crippen LogP contribution in [0.3, 0.4) is 0 Å². The fourth-order valence-corrected chi connectivity index (χ4v) is 8.54. The molecule has 5 heteroatoms. The number of nitriles is 1. The second-order valence-corrected chi connectivity index (χ2v) is 15.9. The van der Waals surface area contributed by atoms with E-state index in [4.69, 9.17) is 21.5 Å². The summed E-state index contributed by atoms with van der Waals surface area (Å²) < 4.78 is 0. The summed E-state index contributed by atoms with van der Waals surface area (Å²) in [6.07, 6.45) is 1.95. The van der Waals surface area contributed by atoms with Crippen LogP contribution in [0.2, 0.25) is 0 Å². The predicted octanol–water partition coefficient (Wildman–Crippen LogP) is 14.3. The molecule has 286 valence electrons. The molecule has 1 aliphatic rings. The lowest BCUT2D eigenvalue weighted by atomic mass is 9.81. The molecule has 0 aliphatic heterocycles. The topological polar surface area (TPSA) is 66.8 Å². The minimum Gasteiger partial charge on any atom is -0.256 e. The van der Waals surface area contributed by atoms with E-state index in [-0.39, 0.29) is 0 Å². The average Bonchev–Trinajstić information content (AvgIpc) is 3.56. The van der Waals surface area contributed by atoms with Gasteiger partial charge in [0.15, 0.2) is 11.5 Å². The van der Waals surface area contributed by atoms with Crippen LogP contribution in [0.4, 0.5) is 5.69 Å². The van der Waals surface area contributed by atoms with Crippen molar-refractivity contribution < 1.29 is 0 Å².